The first-order valence-corrected chi connectivity index (χ1v) is 5.18. The van der Waals surface area contributed by atoms with Crippen molar-refractivity contribution in [2.24, 2.45) is 0 Å². The average molecular weight is 222 g/mol. The van der Waals surface area contributed by atoms with Gasteiger partial charge in [-0.1, -0.05) is 0 Å². The molecule has 0 saturated carbocycles. The molecule has 0 spiro atoms. The van der Waals surface area contributed by atoms with Gasteiger partial charge in [0.2, 0.25) is 0 Å². The van der Waals surface area contributed by atoms with E-state index in [1.807, 2.05) is 6.92 Å². The van der Waals surface area contributed by atoms with Gasteiger partial charge in [0.25, 0.3) is 11.5 Å². The molecule has 0 radical (unpaired) electrons. The Morgan fingerprint density at radius 1 is 1.56 bits per heavy atom. The summed E-state index contributed by atoms with van der Waals surface area (Å²) in [5, 5.41) is 12.0. The van der Waals surface area contributed by atoms with Crippen LogP contribution in [0.3, 0.4) is 0 Å². The molecule has 3 N–H and O–H groups in total. The molecule has 0 aliphatic carbocycles. The second-order valence-corrected chi connectivity index (χ2v) is 4.25. The quantitative estimate of drug-likeness (QED) is 0.614. The Labute approximate surface area is 92.4 Å². The number of rotatable bonds is 2. The summed E-state index contributed by atoms with van der Waals surface area (Å²) in [4.78, 5) is 22.6. The highest BCUT2D eigenvalue weighted by molar-refractivity contribution is 5.92. The molecule has 86 valence electrons. The zero-order chi connectivity index (χ0) is 11.6. The minimum Gasteiger partial charge on any atom is -0.344 e. The highest BCUT2D eigenvalue weighted by Gasteiger charge is 2.30. The van der Waals surface area contributed by atoms with Crippen LogP contribution < -0.4 is 16.2 Å². The largest absolute Gasteiger partial charge is 0.344 e. The van der Waals surface area contributed by atoms with Crippen molar-refractivity contribution in [2.75, 3.05) is 13.1 Å². The van der Waals surface area contributed by atoms with Crippen LogP contribution in [-0.4, -0.2) is 34.7 Å². The van der Waals surface area contributed by atoms with Crippen molar-refractivity contribution in [3.05, 3.63) is 28.2 Å². The number of aromatic amines is 1. The SMILES string of the molecule is CC1(NC(=O)c2ccc(=O)[nH]n2)CCNC1. The van der Waals surface area contributed by atoms with Gasteiger partial charge in [-0.05, 0) is 26.0 Å². The molecular formula is C10H14N4O2. The smallest absolute Gasteiger partial charge is 0.272 e. The van der Waals surface area contributed by atoms with Crippen LogP contribution in [-0.2, 0) is 0 Å². The number of nitrogens with one attached hydrogen (secondary N) is 3. The molecule has 1 fully saturated rings. The molecule has 0 bridgehead atoms. The zero-order valence-electron chi connectivity index (χ0n) is 9.04. The first kappa shape index (κ1) is 10.8. The van der Waals surface area contributed by atoms with E-state index in [-0.39, 0.29) is 22.7 Å². The van der Waals surface area contributed by atoms with Crippen molar-refractivity contribution in [3.63, 3.8) is 0 Å². The number of hydrogen-bond donors (Lipinski definition) is 3. The predicted molar refractivity (Wildman–Crippen MR) is 58.2 cm³/mol. The lowest BCUT2D eigenvalue weighted by atomic mass is 10.0. The summed E-state index contributed by atoms with van der Waals surface area (Å²) in [6.45, 7) is 3.63. The molecule has 0 aromatic carbocycles. The Hall–Kier alpha value is -1.69. The molecule has 1 atom stereocenters. The summed E-state index contributed by atoms with van der Waals surface area (Å²) in [6, 6.07) is 2.71. The first-order valence-electron chi connectivity index (χ1n) is 5.18. The number of nitrogens with zero attached hydrogens (tertiary/aromatic N) is 1. The number of aromatic nitrogens is 2. The number of amides is 1. The van der Waals surface area contributed by atoms with E-state index in [9.17, 15) is 9.59 Å². The Morgan fingerprint density at radius 3 is 2.94 bits per heavy atom. The summed E-state index contributed by atoms with van der Waals surface area (Å²) in [6.07, 6.45) is 0.891. The summed E-state index contributed by atoms with van der Waals surface area (Å²) in [5.41, 5.74) is -0.312. The van der Waals surface area contributed by atoms with Gasteiger partial charge in [-0.3, -0.25) is 9.59 Å². The van der Waals surface area contributed by atoms with E-state index in [1.54, 1.807) is 0 Å². The number of carbonyl (C=O) groups is 1. The molecule has 16 heavy (non-hydrogen) atoms. The van der Waals surface area contributed by atoms with Gasteiger partial charge in [-0.2, -0.15) is 5.10 Å². The number of carbonyl (C=O) groups excluding carboxylic acids is 1. The van der Waals surface area contributed by atoms with Gasteiger partial charge in [0, 0.05) is 12.6 Å². The van der Waals surface area contributed by atoms with Crippen LogP contribution in [0, 0.1) is 0 Å². The van der Waals surface area contributed by atoms with E-state index in [0.29, 0.717) is 0 Å². The first-order chi connectivity index (χ1) is 7.59. The van der Waals surface area contributed by atoms with Gasteiger partial charge >= 0.3 is 0 Å². The molecule has 1 aromatic rings. The lowest BCUT2D eigenvalue weighted by Gasteiger charge is -2.23. The lowest BCUT2D eigenvalue weighted by molar-refractivity contribution is 0.0907. The van der Waals surface area contributed by atoms with Crippen molar-refractivity contribution in [3.8, 4) is 0 Å². The van der Waals surface area contributed by atoms with Gasteiger partial charge in [-0.15, -0.1) is 0 Å². The van der Waals surface area contributed by atoms with Crippen LogP contribution in [0.15, 0.2) is 16.9 Å². The van der Waals surface area contributed by atoms with Gasteiger partial charge in [0.15, 0.2) is 0 Å². The molecule has 1 aromatic heterocycles. The van der Waals surface area contributed by atoms with Crippen LogP contribution in [0.4, 0.5) is 0 Å². The summed E-state index contributed by atoms with van der Waals surface area (Å²) >= 11 is 0. The predicted octanol–water partition coefficient (Wildman–Crippen LogP) is -0.748. The summed E-state index contributed by atoms with van der Waals surface area (Å²) in [5.74, 6) is -0.262. The summed E-state index contributed by atoms with van der Waals surface area (Å²) in [7, 11) is 0. The van der Waals surface area contributed by atoms with Crippen molar-refractivity contribution in [1.82, 2.24) is 20.8 Å². The second-order valence-electron chi connectivity index (χ2n) is 4.25. The molecule has 1 aliphatic rings. The van der Waals surface area contributed by atoms with Gasteiger partial charge in [-0.25, -0.2) is 5.10 Å². The van der Waals surface area contributed by atoms with Crippen molar-refractivity contribution in [1.29, 1.82) is 0 Å². The van der Waals surface area contributed by atoms with Crippen LogP contribution >= 0.6 is 0 Å². The lowest BCUT2D eigenvalue weighted by Crippen LogP contribution is -2.47. The zero-order valence-corrected chi connectivity index (χ0v) is 9.04. The number of hydrogen-bond acceptors (Lipinski definition) is 4. The molecule has 2 rings (SSSR count). The minimum atomic E-state index is -0.315. The third-order valence-electron chi connectivity index (χ3n) is 2.70. The normalized spacial score (nSPS) is 24.3. The average Bonchev–Trinajstić information content (AvgIpc) is 2.65. The Bertz CT molecular complexity index is 428. The molecule has 2 heterocycles. The fourth-order valence-corrected chi connectivity index (χ4v) is 1.73. The summed E-state index contributed by atoms with van der Waals surface area (Å²) < 4.78 is 0. The van der Waals surface area contributed by atoms with E-state index in [1.165, 1.54) is 12.1 Å². The highest BCUT2D eigenvalue weighted by atomic mass is 16.2. The Morgan fingerprint density at radius 2 is 2.38 bits per heavy atom. The molecular weight excluding hydrogens is 208 g/mol. The van der Waals surface area contributed by atoms with E-state index >= 15 is 0 Å². The maximum absolute atomic E-state index is 11.8. The second kappa shape index (κ2) is 4.05. The molecule has 1 aliphatic heterocycles. The monoisotopic (exact) mass is 222 g/mol. The van der Waals surface area contributed by atoms with Crippen LogP contribution in [0.25, 0.3) is 0 Å². The minimum absolute atomic E-state index is 0.227. The van der Waals surface area contributed by atoms with Crippen molar-refractivity contribution in [2.45, 2.75) is 18.9 Å². The van der Waals surface area contributed by atoms with Crippen LogP contribution in [0.1, 0.15) is 23.8 Å². The Balaban J connectivity index is 2.08. The molecule has 1 saturated heterocycles. The standard InChI is InChI=1S/C10H14N4O2/c1-10(4-5-11-6-10)12-9(16)7-2-3-8(15)14-13-7/h2-3,11H,4-6H2,1H3,(H,12,16)(H,14,15). The molecule has 1 unspecified atom stereocenters. The third-order valence-corrected chi connectivity index (χ3v) is 2.70. The maximum atomic E-state index is 11.8. The van der Waals surface area contributed by atoms with Gasteiger partial charge < -0.3 is 10.6 Å². The topological polar surface area (TPSA) is 86.9 Å². The van der Waals surface area contributed by atoms with Crippen LogP contribution in [0.2, 0.25) is 0 Å². The Kier molecular flexibility index (Phi) is 2.74. The molecule has 6 nitrogen and oxygen atoms in total. The fourth-order valence-electron chi connectivity index (χ4n) is 1.73. The van der Waals surface area contributed by atoms with E-state index in [0.717, 1.165) is 19.5 Å². The van der Waals surface area contributed by atoms with E-state index < -0.39 is 0 Å². The van der Waals surface area contributed by atoms with Crippen molar-refractivity contribution < 1.29 is 4.79 Å². The highest BCUT2D eigenvalue weighted by Crippen LogP contribution is 2.13. The molecule has 1 amide bonds. The fraction of sp³-hybridized carbons (Fsp3) is 0.500. The third kappa shape index (κ3) is 2.27. The van der Waals surface area contributed by atoms with Crippen LogP contribution in [0.5, 0.6) is 0 Å². The number of H-pyrrole nitrogens is 1. The maximum Gasteiger partial charge on any atom is 0.272 e. The van der Waals surface area contributed by atoms with E-state index in [4.69, 9.17) is 0 Å². The van der Waals surface area contributed by atoms with E-state index in [2.05, 4.69) is 20.8 Å². The molecule has 6 heteroatoms. The van der Waals surface area contributed by atoms with Crippen molar-refractivity contribution >= 4 is 5.91 Å². The van der Waals surface area contributed by atoms with Gasteiger partial charge in [0.1, 0.15) is 5.69 Å². The van der Waals surface area contributed by atoms with Gasteiger partial charge in [0.05, 0.1) is 5.54 Å².